The molecule has 1 heterocycles. The van der Waals surface area contributed by atoms with Crippen LogP contribution < -0.4 is 10.6 Å². The Morgan fingerprint density at radius 3 is 2.48 bits per heavy atom. The summed E-state index contributed by atoms with van der Waals surface area (Å²) in [6.07, 6.45) is 11.1. The van der Waals surface area contributed by atoms with Crippen LogP contribution in [-0.2, 0) is 4.74 Å². The van der Waals surface area contributed by atoms with Crippen LogP contribution in [0.5, 0.6) is 0 Å². The van der Waals surface area contributed by atoms with Gasteiger partial charge < -0.3 is 15.4 Å². The van der Waals surface area contributed by atoms with Crippen LogP contribution in [0.25, 0.3) is 0 Å². The van der Waals surface area contributed by atoms with Gasteiger partial charge >= 0.3 is 0 Å². The fourth-order valence-electron chi connectivity index (χ4n) is 3.08. The topological polar surface area (TPSA) is 45.7 Å². The van der Waals surface area contributed by atoms with Gasteiger partial charge in [-0.05, 0) is 31.9 Å². The lowest BCUT2D eigenvalue weighted by atomic mass is 9.95. The average Bonchev–Trinajstić information content (AvgIpc) is 2.53. The lowest BCUT2D eigenvalue weighted by Gasteiger charge is -2.36. The molecule has 0 bridgehead atoms. The maximum atomic E-state index is 5.49. The summed E-state index contributed by atoms with van der Waals surface area (Å²) in [5.74, 6) is 0.969. The molecule has 0 amide bonds. The molecule has 0 aromatic heterocycles. The largest absolute Gasteiger partial charge is 0.381 e. The van der Waals surface area contributed by atoms with Crippen LogP contribution in [-0.4, -0.2) is 49.8 Å². The Hall–Kier alpha value is 0.310. The quantitative estimate of drug-likeness (QED) is 0.412. The summed E-state index contributed by atoms with van der Waals surface area (Å²) >= 11 is 1.97. The molecule has 4 nitrogen and oxygen atoms in total. The molecule has 2 aliphatic rings. The van der Waals surface area contributed by atoms with Crippen molar-refractivity contribution in [2.75, 3.05) is 33.1 Å². The lowest BCUT2D eigenvalue weighted by molar-refractivity contribution is 0.0782. The molecule has 2 N–H and O–H groups in total. The molecular weight excluding hydrogens is 397 g/mol. The number of ether oxygens (including phenoxy) is 1. The predicted octanol–water partition coefficient (Wildman–Crippen LogP) is 3.01. The predicted molar refractivity (Wildman–Crippen MR) is 103 cm³/mol. The number of halogens is 1. The SMILES string of the molecule is CN=C(NCC1(SC)CCOCC1)NC1CCCCC1.I. The Kier molecular flexibility index (Phi) is 9.36. The molecule has 21 heavy (non-hydrogen) atoms. The van der Waals surface area contributed by atoms with E-state index in [1.165, 1.54) is 32.1 Å². The number of hydrogen-bond acceptors (Lipinski definition) is 3. The first-order chi connectivity index (χ1) is 9.78. The van der Waals surface area contributed by atoms with E-state index in [0.717, 1.165) is 38.6 Å². The summed E-state index contributed by atoms with van der Waals surface area (Å²) in [4.78, 5) is 4.39. The molecule has 1 aliphatic carbocycles. The summed E-state index contributed by atoms with van der Waals surface area (Å²) in [5.41, 5.74) is 0. The van der Waals surface area contributed by atoms with Gasteiger partial charge in [-0.3, -0.25) is 4.99 Å². The van der Waals surface area contributed by atoms with E-state index in [1.807, 2.05) is 18.8 Å². The normalized spacial score (nSPS) is 23.2. The Morgan fingerprint density at radius 1 is 1.24 bits per heavy atom. The number of guanidine groups is 1. The molecule has 2 rings (SSSR count). The first-order valence-electron chi connectivity index (χ1n) is 7.88. The zero-order valence-electron chi connectivity index (χ0n) is 13.3. The van der Waals surface area contributed by atoms with Crippen molar-refractivity contribution in [3.05, 3.63) is 0 Å². The maximum absolute atomic E-state index is 5.49. The van der Waals surface area contributed by atoms with Crippen molar-refractivity contribution in [3.63, 3.8) is 0 Å². The molecular formula is C15H30IN3OS. The van der Waals surface area contributed by atoms with E-state index in [-0.39, 0.29) is 24.0 Å². The number of rotatable bonds is 4. The molecule has 0 atom stereocenters. The van der Waals surface area contributed by atoms with Gasteiger partial charge in [-0.1, -0.05) is 19.3 Å². The first kappa shape index (κ1) is 19.4. The monoisotopic (exact) mass is 427 g/mol. The standard InChI is InChI=1S/C15H29N3OS.HI/c1-16-14(18-13-6-4-3-5-7-13)17-12-15(20-2)8-10-19-11-9-15;/h13H,3-12H2,1-2H3,(H2,16,17,18);1H. The van der Waals surface area contributed by atoms with Crippen LogP contribution in [0.2, 0.25) is 0 Å². The van der Waals surface area contributed by atoms with Crippen molar-refractivity contribution in [2.24, 2.45) is 4.99 Å². The second-order valence-electron chi connectivity index (χ2n) is 5.90. The van der Waals surface area contributed by atoms with Gasteiger partial charge in [0.15, 0.2) is 5.96 Å². The van der Waals surface area contributed by atoms with E-state index in [4.69, 9.17) is 4.74 Å². The molecule has 0 aromatic carbocycles. The number of hydrogen-bond donors (Lipinski definition) is 2. The molecule has 0 radical (unpaired) electrons. The summed E-state index contributed by atoms with van der Waals surface area (Å²) in [5, 5.41) is 7.13. The van der Waals surface area contributed by atoms with E-state index >= 15 is 0 Å². The Balaban J connectivity index is 0.00000220. The molecule has 6 heteroatoms. The molecule has 0 spiro atoms. The maximum Gasteiger partial charge on any atom is 0.191 e. The molecule has 2 fully saturated rings. The van der Waals surface area contributed by atoms with Gasteiger partial charge in [0, 0.05) is 37.6 Å². The van der Waals surface area contributed by atoms with Gasteiger partial charge in [-0.2, -0.15) is 11.8 Å². The Labute approximate surface area is 150 Å². The Morgan fingerprint density at radius 2 is 1.90 bits per heavy atom. The fraction of sp³-hybridized carbons (Fsp3) is 0.933. The van der Waals surface area contributed by atoms with Crippen LogP contribution in [0, 0.1) is 0 Å². The summed E-state index contributed by atoms with van der Waals surface area (Å²) in [6.45, 7) is 2.75. The molecule has 124 valence electrons. The minimum Gasteiger partial charge on any atom is -0.381 e. The van der Waals surface area contributed by atoms with Gasteiger partial charge in [0.1, 0.15) is 0 Å². The van der Waals surface area contributed by atoms with Crippen molar-refractivity contribution in [2.45, 2.75) is 55.7 Å². The highest BCUT2D eigenvalue weighted by Gasteiger charge is 2.32. The van der Waals surface area contributed by atoms with Gasteiger partial charge in [0.25, 0.3) is 0 Å². The lowest BCUT2D eigenvalue weighted by Crippen LogP contribution is -2.50. The van der Waals surface area contributed by atoms with Crippen LogP contribution in [0.3, 0.4) is 0 Å². The minimum absolute atomic E-state index is 0. The highest BCUT2D eigenvalue weighted by Crippen LogP contribution is 2.32. The van der Waals surface area contributed by atoms with Crippen LogP contribution in [0.15, 0.2) is 4.99 Å². The number of thioether (sulfide) groups is 1. The van der Waals surface area contributed by atoms with Gasteiger partial charge in [-0.25, -0.2) is 0 Å². The van der Waals surface area contributed by atoms with E-state index in [9.17, 15) is 0 Å². The van der Waals surface area contributed by atoms with Gasteiger partial charge in [0.05, 0.1) is 0 Å². The molecule has 0 aromatic rings. The summed E-state index contributed by atoms with van der Waals surface area (Å²) < 4.78 is 5.80. The summed E-state index contributed by atoms with van der Waals surface area (Å²) in [7, 11) is 1.87. The Bertz CT molecular complexity index is 316. The number of nitrogens with zero attached hydrogens (tertiary/aromatic N) is 1. The highest BCUT2D eigenvalue weighted by molar-refractivity contribution is 14.0. The van der Waals surface area contributed by atoms with E-state index in [2.05, 4.69) is 21.9 Å². The van der Waals surface area contributed by atoms with E-state index in [1.54, 1.807) is 0 Å². The molecule has 1 saturated heterocycles. The van der Waals surface area contributed by atoms with Crippen molar-refractivity contribution in [3.8, 4) is 0 Å². The van der Waals surface area contributed by atoms with E-state index < -0.39 is 0 Å². The van der Waals surface area contributed by atoms with Crippen LogP contribution in [0.1, 0.15) is 44.9 Å². The van der Waals surface area contributed by atoms with Gasteiger partial charge in [0.2, 0.25) is 0 Å². The molecule has 1 aliphatic heterocycles. The second kappa shape index (κ2) is 10.2. The smallest absolute Gasteiger partial charge is 0.191 e. The van der Waals surface area contributed by atoms with Crippen molar-refractivity contribution >= 4 is 41.7 Å². The van der Waals surface area contributed by atoms with E-state index in [0.29, 0.717) is 10.8 Å². The van der Waals surface area contributed by atoms with Crippen molar-refractivity contribution < 1.29 is 4.74 Å². The van der Waals surface area contributed by atoms with Crippen LogP contribution >= 0.6 is 35.7 Å². The average molecular weight is 427 g/mol. The van der Waals surface area contributed by atoms with Crippen molar-refractivity contribution in [1.82, 2.24) is 10.6 Å². The highest BCUT2D eigenvalue weighted by atomic mass is 127. The molecule has 1 saturated carbocycles. The van der Waals surface area contributed by atoms with Crippen molar-refractivity contribution in [1.29, 1.82) is 0 Å². The third kappa shape index (κ3) is 6.14. The third-order valence-electron chi connectivity index (χ3n) is 4.58. The third-order valence-corrected chi connectivity index (χ3v) is 6.00. The molecule has 0 unspecified atom stereocenters. The zero-order chi connectivity index (χ0) is 14.3. The first-order valence-corrected chi connectivity index (χ1v) is 9.10. The summed E-state index contributed by atoms with van der Waals surface area (Å²) in [6, 6.07) is 0.606. The van der Waals surface area contributed by atoms with Gasteiger partial charge in [-0.15, -0.1) is 24.0 Å². The fourth-order valence-corrected chi connectivity index (χ4v) is 3.87. The van der Waals surface area contributed by atoms with Crippen LogP contribution in [0.4, 0.5) is 0 Å². The number of nitrogens with one attached hydrogen (secondary N) is 2. The zero-order valence-corrected chi connectivity index (χ0v) is 16.5. The minimum atomic E-state index is 0. The second-order valence-corrected chi connectivity index (χ2v) is 7.18. The number of aliphatic imine (C=N–C) groups is 1.